The van der Waals surface area contributed by atoms with Crippen LogP contribution in [-0.4, -0.2) is 27.5 Å². The number of nitrogens with one attached hydrogen (secondary N) is 1. The van der Waals surface area contributed by atoms with Gasteiger partial charge in [0.2, 0.25) is 0 Å². The molecule has 0 saturated carbocycles. The van der Waals surface area contributed by atoms with E-state index < -0.39 is 10.0 Å². The zero-order chi connectivity index (χ0) is 21.7. The van der Waals surface area contributed by atoms with Crippen LogP contribution in [-0.2, 0) is 10.0 Å². The van der Waals surface area contributed by atoms with E-state index in [2.05, 4.69) is 5.32 Å². The van der Waals surface area contributed by atoms with Crippen molar-refractivity contribution in [3.8, 4) is 5.75 Å². The summed E-state index contributed by atoms with van der Waals surface area (Å²) < 4.78 is 32.4. The largest absolute Gasteiger partial charge is 0.491 e. The highest BCUT2D eigenvalue weighted by Gasteiger charge is 2.21. The van der Waals surface area contributed by atoms with E-state index in [-0.39, 0.29) is 16.9 Å². The van der Waals surface area contributed by atoms with Crippen LogP contribution in [0.5, 0.6) is 5.75 Å². The number of nitrogens with zero attached hydrogens (tertiary/aromatic N) is 1. The van der Waals surface area contributed by atoms with Crippen molar-refractivity contribution in [2.75, 3.05) is 16.7 Å². The Morgan fingerprint density at radius 2 is 1.50 bits per heavy atom. The maximum Gasteiger partial charge on any atom is 0.264 e. The van der Waals surface area contributed by atoms with Gasteiger partial charge in [0.1, 0.15) is 5.75 Å². The summed E-state index contributed by atoms with van der Waals surface area (Å²) in [5.74, 6) is 0.404. The molecule has 1 amide bonds. The first-order valence-electron chi connectivity index (χ1n) is 9.49. The topological polar surface area (TPSA) is 75.7 Å². The summed E-state index contributed by atoms with van der Waals surface area (Å²) >= 11 is 0. The van der Waals surface area contributed by atoms with E-state index in [9.17, 15) is 13.2 Å². The number of carbonyl (C=O) groups is 1. The summed E-state index contributed by atoms with van der Waals surface area (Å²) in [7, 11) is -2.19. The number of hydrogen-bond acceptors (Lipinski definition) is 4. The van der Waals surface area contributed by atoms with Crippen LogP contribution in [0.3, 0.4) is 0 Å². The molecule has 1 N–H and O–H groups in total. The molecule has 0 atom stereocenters. The minimum atomic E-state index is -3.70. The lowest BCUT2D eigenvalue weighted by Crippen LogP contribution is -2.26. The molecule has 30 heavy (non-hydrogen) atoms. The Labute approximate surface area is 177 Å². The van der Waals surface area contributed by atoms with Crippen LogP contribution < -0.4 is 14.4 Å². The fourth-order valence-electron chi connectivity index (χ4n) is 2.81. The van der Waals surface area contributed by atoms with E-state index in [0.717, 1.165) is 0 Å². The standard InChI is InChI=1S/C23H24N2O4S/c1-17(2)29-21-13-9-18(10-14-21)23(26)24-19-11-15-22(16-12-19)30(27,28)25(3)20-7-5-4-6-8-20/h4-17H,1-3H3,(H,24,26). The zero-order valence-electron chi connectivity index (χ0n) is 17.1. The van der Waals surface area contributed by atoms with Crippen LogP contribution in [0.25, 0.3) is 0 Å². The lowest BCUT2D eigenvalue weighted by Gasteiger charge is -2.19. The third kappa shape index (κ3) is 4.99. The average Bonchev–Trinajstić information content (AvgIpc) is 2.74. The first-order chi connectivity index (χ1) is 14.3. The maximum absolute atomic E-state index is 12.8. The van der Waals surface area contributed by atoms with E-state index in [1.54, 1.807) is 60.7 Å². The monoisotopic (exact) mass is 424 g/mol. The third-order valence-corrected chi connectivity index (χ3v) is 6.18. The summed E-state index contributed by atoms with van der Waals surface area (Å²) in [4.78, 5) is 12.6. The van der Waals surface area contributed by atoms with E-state index >= 15 is 0 Å². The van der Waals surface area contributed by atoms with Crippen molar-refractivity contribution < 1.29 is 17.9 Å². The molecular formula is C23H24N2O4S. The van der Waals surface area contributed by atoms with Gasteiger partial charge in [-0.05, 0) is 74.5 Å². The summed E-state index contributed by atoms with van der Waals surface area (Å²) in [6.45, 7) is 3.87. The number of ether oxygens (including phenoxy) is 1. The van der Waals surface area contributed by atoms with Crippen LogP contribution in [0, 0.1) is 0 Å². The Balaban J connectivity index is 1.70. The third-order valence-electron chi connectivity index (χ3n) is 4.38. The molecule has 0 aromatic heterocycles. The first-order valence-corrected chi connectivity index (χ1v) is 10.9. The first kappa shape index (κ1) is 21.4. The van der Waals surface area contributed by atoms with E-state index in [1.807, 2.05) is 19.9 Å². The number of benzene rings is 3. The lowest BCUT2D eigenvalue weighted by atomic mass is 10.2. The van der Waals surface area contributed by atoms with Gasteiger partial charge >= 0.3 is 0 Å². The zero-order valence-corrected chi connectivity index (χ0v) is 17.9. The molecule has 0 aliphatic carbocycles. The van der Waals surface area contributed by atoms with Gasteiger partial charge in [0.15, 0.2) is 0 Å². The molecule has 0 aliphatic rings. The molecule has 0 saturated heterocycles. The quantitative estimate of drug-likeness (QED) is 0.604. The van der Waals surface area contributed by atoms with Gasteiger partial charge < -0.3 is 10.1 Å². The minimum absolute atomic E-state index is 0.0559. The van der Waals surface area contributed by atoms with E-state index in [1.165, 1.54) is 23.5 Å². The summed E-state index contributed by atoms with van der Waals surface area (Å²) in [5, 5.41) is 2.77. The van der Waals surface area contributed by atoms with Gasteiger partial charge in [0.05, 0.1) is 16.7 Å². The molecule has 0 aliphatic heterocycles. The molecule has 0 radical (unpaired) electrons. The van der Waals surface area contributed by atoms with Gasteiger partial charge in [-0.25, -0.2) is 8.42 Å². The molecule has 0 spiro atoms. The van der Waals surface area contributed by atoms with Gasteiger partial charge in [-0.1, -0.05) is 18.2 Å². The molecule has 3 aromatic rings. The van der Waals surface area contributed by atoms with Crippen LogP contribution in [0.4, 0.5) is 11.4 Å². The van der Waals surface area contributed by atoms with Crippen LogP contribution in [0.1, 0.15) is 24.2 Å². The van der Waals surface area contributed by atoms with Crippen molar-refractivity contribution in [1.29, 1.82) is 0 Å². The number of carbonyl (C=O) groups excluding carboxylic acids is 1. The molecule has 6 nitrogen and oxygen atoms in total. The predicted molar refractivity (Wildman–Crippen MR) is 119 cm³/mol. The van der Waals surface area contributed by atoms with Crippen molar-refractivity contribution in [2.24, 2.45) is 0 Å². The average molecular weight is 425 g/mol. The highest BCUT2D eigenvalue weighted by atomic mass is 32.2. The van der Waals surface area contributed by atoms with E-state index in [4.69, 9.17) is 4.74 Å². The predicted octanol–water partition coefficient (Wildman–Crippen LogP) is 4.55. The van der Waals surface area contributed by atoms with Gasteiger partial charge in [-0.15, -0.1) is 0 Å². The van der Waals surface area contributed by atoms with Crippen molar-refractivity contribution in [3.63, 3.8) is 0 Å². The summed E-state index contributed by atoms with van der Waals surface area (Å²) in [5.41, 5.74) is 1.55. The lowest BCUT2D eigenvalue weighted by molar-refractivity contribution is 0.102. The molecule has 3 rings (SSSR count). The highest BCUT2D eigenvalue weighted by molar-refractivity contribution is 7.92. The Kier molecular flexibility index (Phi) is 6.42. The molecule has 3 aromatic carbocycles. The van der Waals surface area contributed by atoms with Crippen LogP contribution >= 0.6 is 0 Å². The summed E-state index contributed by atoms with van der Waals surface area (Å²) in [6, 6.07) is 21.8. The van der Waals surface area contributed by atoms with Crippen molar-refractivity contribution in [3.05, 3.63) is 84.4 Å². The molecule has 0 heterocycles. The number of amides is 1. The number of para-hydroxylation sites is 1. The van der Waals surface area contributed by atoms with Crippen LogP contribution in [0.15, 0.2) is 83.8 Å². The van der Waals surface area contributed by atoms with Crippen molar-refractivity contribution in [1.82, 2.24) is 0 Å². The molecule has 0 unspecified atom stereocenters. The number of hydrogen-bond donors (Lipinski definition) is 1. The van der Waals surface area contributed by atoms with Crippen molar-refractivity contribution >= 4 is 27.3 Å². The maximum atomic E-state index is 12.8. The fourth-order valence-corrected chi connectivity index (χ4v) is 4.00. The number of anilines is 2. The van der Waals surface area contributed by atoms with Gasteiger partial charge in [-0.2, -0.15) is 0 Å². The van der Waals surface area contributed by atoms with Gasteiger partial charge in [-0.3, -0.25) is 9.10 Å². The van der Waals surface area contributed by atoms with Gasteiger partial charge in [0, 0.05) is 18.3 Å². The molecule has 7 heteroatoms. The molecule has 0 fully saturated rings. The van der Waals surface area contributed by atoms with Gasteiger partial charge in [0.25, 0.3) is 15.9 Å². The minimum Gasteiger partial charge on any atom is -0.491 e. The Hall–Kier alpha value is -3.32. The highest BCUT2D eigenvalue weighted by Crippen LogP contribution is 2.23. The molecule has 0 bridgehead atoms. The SMILES string of the molecule is CC(C)Oc1ccc(C(=O)Nc2ccc(S(=O)(=O)N(C)c3ccccc3)cc2)cc1. The second-order valence-electron chi connectivity index (χ2n) is 6.98. The summed E-state index contributed by atoms with van der Waals surface area (Å²) in [6.07, 6.45) is 0.0559. The number of rotatable bonds is 7. The molecular weight excluding hydrogens is 400 g/mol. The fraction of sp³-hybridized carbons (Fsp3) is 0.174. The smallest absolute Gasteiger partial charge is 0.264 e. The Bertz CT molecular complexity index is 1090. The Morgan fingerprint density at radius 3 is 2.07 bits per heavy atom. The number of sulfonamides is 1. The van der Waals surface area contributed by atoms with Crippen LogP contribution in [0.2, 0.25) is 0 Å². The normalized spacial score (nSPS) is 11.2. The second-order valence-corrected chi connectivity index (χ2v) is 8.95. The second kappa shape index (κ2) is 9.00. The van der Waals surface area contributed by atoms with E-state index in [0.29, 0.717) is 22.7 Å². The van der Waals surface area contributed by atoms with Crippen molar-refractivity contribution in [2.45, 2.75) is 24.8 Å². The molecule has 156 valence electrons. The Morgan fingerprint density at radius 1 is 0.900 bits per heavy atom.